The third-order valence-corrected chi connectivity index (χ3v) is 6.64. The van der Waals surface area contributed by atoms with Crippen LogP contribution in [-0.4, -0.2) is 17.9 Å². The van der Waals surface area contributed by atoms with Crippen molar-refractivity contribution >= 4 is 5.91 Å². The molecule has 1 amide bonds. The summed E-state index contributed by atoms with van der Waals surface area (Å²) in [5, 5.41) is 3.13. The van der Waals surface area contributed by atoms with Crippen molar-refractivity contribution in [2.45, 2.75) is 25.7 Å². The van der Waals surface area contributed by atoms with Crippen LogP contribution in [0, 0.1) is 5.82 Å². The summed E-state index contributed by atoms with van der Waals surface area (Å²) >= 11 is 0. The third-order valence-electron chi connectivity index (χ3n) is 6.64. The Kier molecular flexibility index (Phi) is 8.69. The molecule has 5 nitrogen and oxygen atoms in total. The van der Waals surface area contributed by atoms with Crippen molar-refractivity contribution in [3.63, 3.8) is 0 Å². The summed E-state index contributed by atoms with van der Waals surface area (Å²) in [5.74, 6) is 1.07. The molecule has 1 heterocycles. The van der Waals surface area contributed by atoms with E-state index < -0.39 is 0 Å². The zero-order valence-corrected chi connectivity index (χ0v) is 22.3. The number of carbonyl (C=O) groups excluding carboxylic acids is 1. The maximum atomic E-state index is 13.9. The van der Waals surface area contributed by atoms with E-state index in [9.17, 15) is 9.18 Å². The van der Waals surface area contributed by atoms with Gasteiger partial charge >= 0.3 is 0 Å². The van der Waals surface area contributed by atoms with Gasteiger partial charge in [-0.15, -0.1) is 0 Å². The van der Waals surface area contributed by atoms with Crippen molar-refractivity contribution in [2.24, 2.45) is 0 Å². The van der Waals surface area contributed by atoms with Gasteiger partial charge in [-0.05, 0) is 58.7 Å². The van der Waals surface area contributed by atoms with Gasteiger partial charge in [0.2, 0.25) is 0 Å². The van der Waals surface area contributed by atoms with Crippen LogP contribution in [0.25, 0.3) is 0 Å². The van der Waals surface area contributed by atoms with E-state index in [1.165, 1.54) is 12.1 Å². The van der Waals surface area contributed by atoms with Gasteiger partial charge in [0, 0.05) is 13.1 Å². The molecule has 40 heavy (non-hydrogen) atoms. The van der Waals surface area contributed by atoms with Gasteiger partial charge in [-0.3, -0.25) is 9.69 Å². The van der Waals surface area contributed by atoms with Crippen LogP contribution in [0.1, 0.15) is 44.6 Å². The maximum Gasteiger partial charge on any atom is 0.287 e. The van der Waals surface area contributed by atoms with Gasteiger partial charge in [-0.2, -0.15) is 0 Å². The van der Waals surface area contributed by atoms with Crippen LogP contribution >= 0.6 is 0 Å². The maximum absolute atomic E-state index is 13.9. The molecule has 4 aromatic carbocycles. The van der Waals surface area contributed by atoms with E-state index in [0.717, 1.165) is 28.0 Å². The average Bonchev–Trinajstić information content (AvgIpc) is 3.45. The number of benzene rings is 4. The lowest BCUT2D eigenvalue weighted by Gasteiger charge is -2.22. The number of carbonyl (C=O) groups is 1. The van der Waals surface area contributed by atoms with Gasteiger partial charge in [0.05, 0.1) is 19.7 Å². The Labute approximate surface area is 233 Å². The van der Waals surface area contributed by atoms with E-state index in [0.29, 0.717) is 25.4 Å². The highest BCUT2D eigenvalue weighted by atomic mass is 19.1. The Morgan fingerprint density at radius 2 is 1.40 bits per heavy atom. The summed E-state index contributed by atoms with van der Waals surface area (Å²) in [7, 11) is 1.64. The van der Waals surface area contributed by atoms with E-state index >= 15 is 0 Å². The van der Waals surface area contributed by atoms with Crippen molar-refractivity contribution in [1.82, 2.24) is 10.2 Å². The molecule has 0 aliphatic heterocycles. The van der Waals surface area contributed by atoms with Crippen molar-refractivity contribution in [2.75, 3.05) is 7.11 Å². The molecule has 0 radical (unpaired) electrons. The number of furan rings is 1. The lowest BCUT2D eigenvalue weighted by atomic mass is 9.98. The predicted octanol–water partition coefficient (Wildman–Crippen LogP) is 7.15. The monoisotopic (exact) mass is 534 g/mol. The summed E-state index contributed by atoms with van der Waals surface area (Å²) < 4.78 is 25.3. The Balaban J connectivity index is 1.34. The smallest absolute Gasteiger partial charge is 0.287 e. The Bertz CT molecular complexity index is 1500. The van der Waals surface area contributed by atoms with Crippen molar-refractivity contribution in [3.8, 4) is 5.75 Å². The zero-order valence-electron chi connectivity index (χ0n) is 22.3. The summed E-state index contributed by atoms with van der Waals surface area (Å²) in [6.07, 6.45) is 0. The van der Waals surface area contributed by atoms with Gasteiger partial charge in [0.15, 0.2) is 5.76 Å². The second-order valence-corrected chi connectivity index (χ2v) is 9.62. The van der Waals surface area contributed by atoms with E-state index in [4.69, 9.17) is 9.15 Å². The molecule has 5 aromatic rings. The van der Waals surface area contributed by atoms with Crippen LogP contribution in [0.5, 0.6) is 5.75 Å². The highest BCUT2D eigenvalue weighted by molar-refractivity contribution is 5.92. The average molecular weight is 535 g/mol. The number of rotatable bonds is 11. The van der Waals surface area contributed by atoms with Crippen molar-refractivity contribution in [3.05, 3.63) is 161 Å². The molecule has 0 saturated carbocycles. The fourth-order valence-electron chi connectivity index (χ4n) is 4.75. The molecule has 5 rings (SSSR count). The Morgan fingerprint density at radius 3 is 2.02 bits per heavy atom. The number of hydrogen-bond acceptors (Lipinski definition) is 4. The summed E-state index contributed by atoms with van der Waals surface area (Å²) in [5.41, 5.74) is 3.86. The van der Waals surface area contributed by atoms with Crippen molar-refractivity contribution < 1.29 is 18.3 Å². The second-order valence-electron chi connectivity index (χ2n) is 9.62. The van der Waals surface area contributed by atoms with Crippen LogP contribution in [0.2, 0.25) is 0 Å². The lowest BCUT2D eigenvalue weighted by Crippen LogP contribution is -2.29. The Morgan fingerprint density at radius 1 is 0.775 bits per heavy atom. The molecule has 0 aliphatic carbocycles. The van der Waals surface area contributed by atoms with Crippen LogP contribution in [0.4, 0.5) is 4.39 Å². The molecule has 1 aromatic heterocycles. The first-order valence-corrected chi connectivity index (χ1v) is 13.2. The molecule has 0 aliphatic rings. The number of nitrogens with one attached hydrogen (secondary N) is 1. The molecule has 202 valence electrons. The van der Waals surface area contributed by atoms with Crippen LogP contribution in [0.3, 0.4) is 0 Å². The first-order valence-electron chi connectivity index (χ1n) is 13.2. The largest absolute Gasteiger partial charge is 0.497 e. The fourth-order valence-corrected chi connectivity index (χ4v) is 4.75. The molecule has 0 bridgehead atoms. The van der Waals surface area contributed by atoms with Crippen LogP contribution in [-0.2, 0) is 19.6 Å². The van der Waals surface area contributed by atoms with E-state index in [-0.39, 0.29) is 23.5 Å². The number of ether oxygens (including phenoxy) is 1. The van der Waals surface area contributed by atoms with E-state index in [2.05, 4.69) is 10.2 Å². The van der Waals surface area contributed by atoms with Gasteiger partial charge in [-0.25, -0.2) is 4.39 Å². The van der Waals surface area contributed by atoms with E-state index in [1.807, 2.05) is 97.1 Å². The standard InChI is InChI=1S/C34H31FN2O3/c1-39-30-17-9-11-26(21-30)23-37(22-25-10-8-16-29(35)20-25)24-31-18-19-32(40-31)34(38)36-33(27-12-4-2-5-13-27)28-14-6-3-7-15-28/h2-21,33H,22-24H2,1H3,(H,36,38). The second kappa shape index (κ2) is 12.9. The molecule has 0 fully saturated rings. The first kappa shape index (κ1) is 26.9. The van der Waals surface area contributed by atoms with Gasteiger partial charge in [0.1, 0.15) is 17.3 Å². The normalized spacial score (nSPS) is 11.1. The summed E-state index contributed by atoms with van der Waals surface area (Å²) in [4.78, 5) is 15.5. The summed E-state index contributed by atoms with van der Waals surface area (Å²) in [6.45, 7) is 1.52. The predicted molar refractivity (Wildman–Crippen MR) is 153 cm³/mol. The third kappa shape index (κ3) is 7.04. The minimum atomic E-state index is -0.319. The fraction of sp³-hybridized carbons (Fsp3) is 0.147. The first-order chi connectivity index (χ1) is 19.6. The molecule has 1 N–H and O–H groups in total. The minimum absolute atomic E-state index is 0.235. The number of methoxy groups -OCH3 is 1. The van der Waals surface area contributed by atoms with Crippen LogP contribution in [0.15, 0.2) is 126 Å². The SMILES string of the molecule is COc1cccc(CN(Cc2cccc(F)c2)Cc2ccc(C(=O)NC(c3ccccc3)c3ccccc3)o2)c1. The van der Waals surface area contributed by atoms with Gasteiger partial charge in [0.25, 0.3) is 5.91 Å². The molecule has 0 unspecified atom stereocenters. The van der Waals surface area contributed by atoms with Gasteiger partial charge < -0.3 is 14.5 Å². The molecule has 0 atom stereocenters. The highest BCUT2D eigenvalue weighted by Crippen LogP contribution is 2.24. The number of halogens is 1. The molecule has 0 saturated heterocycles. The number of amides is 1. The highest BCUT2D eigenvalue weighted by Gasteiger charge is 2.20. The lowest BCUT2D eigenvalue weighted by molar-refractivity contribution is 0.0910. The molecular weight excluding hydrogens is 503 g/mol. The zero-order chi connectivity index (χ0) is 27.7. The molecule has 6 heteroatoms. The number of nitrogens with zero attached hydrogens (tertiary/aromatic N) is 1. The Hall–Kier alpha value is -4.68. The topological polar surface area (TPSA) is 54.7 Å². The van der Waals surface area contributed by atoms with Gasteiger partial charge in [-0.1, -0.05) is 84.9 Å². The summed E-state index contributed by atoms with van der Waals surface area (Å²) in [6, 6.07) is 37.3. The number of hydrogen-bond donors (Lipinski definition) is 1. The van der Waals surface area contributed by atoms with E-state index in [1.54, 1.807) is 19.2 Å². The molecular formula is C34H31FN2O3. The quantitative estimate of drug-likeness (QED) is 0.196. The van der Waals surface area contributed by atoms with Crippen molar-refractivity contribution in [1.29, 1.82) is 0 Å². The van der Waals surface area contributed by atoms with Crippen LogP contribution < -0.4 is 10.1 Å². The minimum Gasteiger partial charge on any atom is -0.497 e. The molecule has 0 spiro atoms.